The van der Waals surface area contributed by atoms with Gasteiger partial charge in [-0.25, -0.2) is 0 Å². The normalized spacial score (nSPS) is 10.8. The van der Waals surface area contributed by atoms with E-state index < -0.39 is 0 Å². The molecule has 0 aliphatic carbocycles. The third kappa shape index (κ3) is 1.36. The van der Waals surface area contributed by atoms with Gasteiger partial charge in [-0.1, -0.05) is 23.8 Å². The molecule has 2 heteroatoms. The Hall–Kier alpha value is -1.15. The fourth-order valence-electron chi connectivity index (χ4n) is 1.74. The van der Waals surface area contributed by atoms with Gasteiger partial charge in [-0.2, -0.15) is 0 Å². The second kappa shape index (κ2) is 3.21. The van der Waals surface area contributed by atoms with E-state index in [0.717, 1.165) is 4.64 Å². The first-order chi connectivity index (χ1) is 6.59. The molecule has 1 nitrogen and oxygen atoms in total. The van der Waals surface area contributed by atoms with Gasteiger partial charge >= 0.3 is 0 Å². The minimum Gasteiger partial charge on any atom is -0.335 e. The van der Waals surface area contributed by atoms with E-state index in [1.165, 1.54) is 22.0 Å². The van der Waals surface area contributed by atoms with Crippen LogP contribution in [0, 0.1) is 18.5 Å². The number of aromatic nitrogens is 1. The maximum Gasteiger partial charge on any atom is 0.106 e. The summed E-state index contributed by atoms with van der Waals surface area (Å²) in [6.07, 6.45) is 0. The maximum absolute atomic E-state index is 5.26. The predicted molar refractivity (Wildman–Crippen MR) is 63.2 cm³/mol. The third-order valence-electron chi connectivity index (χ3n) is 2.61. The van der Waals surface area contributed by atoms with E-state index in [-0.39, 0.29) is 0 Å². The molecule has 1 heterocycles. The van der Waals surface area contributed by atoms with Crippen LogP contribution in [0.1, 0.15) is 11.1 Å². The van der Waals surface area contributed by atoms with Gasteiger partial charge in [-0.05, 0) is 37.6 Å². The lowest BCUT2D eigenvalue weighted by atomic mass is 10.1. The Morgan fingerprint density at radius 2 is 1.86 bits per heavy atom. The van der Waals surface area contributed by atoms with Gasteiger partial charge < -0.3 is 4.57 Å². The zero-order chi connectivity index (χ0) is 10.3. The molecule has 1 aromatic carbocycles. The van der Waals surface area contributed by atoms with E-state index in [9.17, 15) is 0 Å². The van der Waals surface area contributed by atoms with Crippen molar-refractivity contribution in [3.8, 4) is 0 Å². The lowest BCUT2D eigenvalue weighted by molar-refractivity contribution is 0.932. The van der Waals surface area contributed by atoms with Gasteiger partial charge in [0, 0.05) is 18.0 Å². The number of nitrogens with zero attached hydrogens (tertiary/aromatic N) is 1. The number of fused-ring (bicyclic) bond motifs is 1. The summed E-state index contributed by atoms with van der Waals surface area (Å²) >= 11 is 5.26. The molecule has 14 heavy (non-hydrogen) atoms. The summed E-state index contributed by atoms with van der Waals surface area (Å²) in [5.74, 6) is 0. The first-order valence-electron chi connectivity index (χ1n) is 4.66. The van der Waals surface area contributed by atoms with E-state index >= 15 is 0 Å². The van der Waals surface area contributed by atoms with Crippen LogP contribution >= 0.6 is 12.2 Å². The molecule has 0 saturated heterocycles. The van der Waals surface area contributed by atoms with Gasteiger partial charge in [0.15, 0.2) is 0 Å². The van der Waals surface area contributed by atoms with Gasteiger partial charge in [0.05, 0.1) is 0 Å². The molecule has 0 atom stereocenters. The monoisotopic (exact) mass is 203 g/mol. The van der Waals surface area contributed by atoms with Crippen molar-refractivity contribution in [2.75, 3.05) is 0 Å². The van der Waals surface area contributed by atoms with Crippen molar-refractivity contribution in [3.63, 3.8) is 0 Å². The SMILES string of the molecule is Cc1ccc2c(c1)c(C)cc(=S)n2C. The van der Waals surface area contributed by atoms with Crippen LogP contribution in [0.3, 0.4) is 0 Å². The summed E-state index contributed by atoms with van der Waals surface area (Å²) in [6, 6.07) is 8.51. The molecule has 0 saturated carbocycles. The van der Waals surface area contributed by atoms with Crippen molar-refractivity contribution >= 4 is 23.1 Å². The van der Waals surface area contributed by atoms with Crippen LogP contribution in [-0.4, -0.2) is 4.57 Å². The zero-order valence-electron chi connectivity index (χ0n) is 8.66. The Kier molecular flexibility index (Phi) is 2.16. The maximum atomic E-state index is 5.26. The Morgan fingerprint density at radius 3 is 2.57 bits per heavy atom. The molecule has 1 aromatic heterocycles. The van der Waals surface area contributed by atoms with Gasteiger partial charge in [-0.15, -0.1) is 0 Å². The topological polar surface area (TPSA) is 4.93 Å². The van der Waals surface area contributed by atoms with Crippen LogP contribution in [0.5, 0.6) is 0 Å². The van der Waals surface area contributed by atoms with Gasteiger partial charge in [-0.3, -0.25) is 0 Å². The van der Waals surface area contributed by atoms with E-state index in [2.05, 4.69) is 42.7 Å². The van der Waals surface area contributed by atoms with Gasteiger partial charge in [0.25, 0.3) is 0 Å². The summed E-state index contributed by atoms with van der Waals surface area (Å²) in [5, 5.41) is 1.29. The van der Waals surface area contributed by atoms with E-state index in [1.54, 1.807) is 0 Å². The highest BCUT2D eigenvalue weighted by atomic mass is 32.1. The minimum atomic E-state index is 0.888. The van der Waals surface area contributed by atoms with Crippen molar-refractivity contribution < 1.29 is 0 Å². The summed E-state index contributed by atoms with van der Waals surface area (Å²) in [5.41, 5.74) is 3.75. The zero-order valence-corrected chi connectivity index (χ0v) is 9.48. The highest BCUT2D eigenvalue weighted by molar-refractivity contribution is 7.71. The van der Waals surface area contributed by atoms with Crippen molar-refractivity contribution in [2.45, 2.75) is 13.8 Å². The minimum absolute atomic E-state index is 0.888. The second-order valence-corrected chi connectivity index (χ2v) is 4.16. The van der Waals surface area contributed by atoms with Crippen LogP contribution in [0.25, 0.3) is 10.9 Å². The first kappa shape index (κ1) is 9.41. The lowest BCUT2D eigenvalue weighted by Gasteiger charge is -2.09. The van der Waals surface area contributed by atoms with Gasteiger partial charge in [0.2, 0.25) is 0 Å². The fourth-order valence-corrected chi connectivity index (χ4v) is 2.01. The summed E-state index contributed by atoms with van der Waals surface area (Å²) in [6.45, 7) is 4.22. The van der Waals surface area contributed by atoms with Crippen molar-refractivity contribution in [1.29, 1.82) is 0 Å². The van der Waals surface area contributed by atoms with E-state index in [0.29, 0.717) is 0 Å². The molecule has 0 spiro atoms. The van der Waals surface area contributed by atoms with Crippen LogP contribution in [0.4, 0.5) is 0 Å². The highest BCUT2D eigenvalue weighted by Gasteiger charge is 2.00. The van der Waals surface area contributed by atoms with Crippen molar-refractivity contribution in [2.24, 2.45) is 7.05 Å². The van der Waals surface area contributed by atoms with Crippen molar-refractivity contribution in [1.82, 2.24) is 4.57 Å². The number of hydrogen-bond donors (Lipinski definition) is 0. The predicted octanol–water partition coefficient (Wildman–Crippen LogP) is 3.52. The van der Waals surface area contributed by atoms with Crippen molar-refractivity contribution in [3.05, 3.63) is 40.0 Å². The molecular weight excluding hydrogens is 190 g/mol. The Bertz CT molecular complexity index is 552. The molecule has 0 aliphatic rings. The average molecular weight is 203 g/mol. The highest BCUT2D eigenvalue weighted by Crippen LogP contribution is 2.19. The molecule has 0 radical (unpaired) electrons. The lowest BCUT2D eigenvalue weighted by Crippen LogP contribution is -1.96. The second-order valence-electron chi connectivity index (χ2n) is 3.75. The van der Waals surface area contributed by atoms with E-state index in [4.69, 9.17) is 12.2 Å². The number of hydrogen-bond acceptors (Lipinski definition) is 1. The molecule has 0 amide bonds. The smallest absolute Gasteiger partial charge is 0.106 e. The fraction of sp³-hybridized carbons (Fsp3) is 0.250. The number of benzene rings is 1. The molecule has 0 unspecified atom stereocenters. The Morgan fingerprint density at radius 1 is 1.14 bits per heavy atom. The third-order valence-corrected chi connectivity index (χ3v) is 3.00. The number of pyridine rings is 1. The summed E-state index contributed by atoms with van der Waals surface area (Å²) < 4.78 is 2.94. The average Bonchev–Trinajstić information content (AvgIpc) is 2.14. The first-order valence-corrected chi connectivity index (χ1v) is 5.07. The Balaban J connectivity index is 3.02. The van der Waals surface area contributed by atoms with E-state index in [1.807, 2.05) is 7.05 Å². The molecular formula is C12H13NS. The molecule has 0 aliphatic heterocycles. The van der Waals surface area contributed by atoms with Crippen LogP contribution < -0.4 is 0 Å². The number of aryl methyl sites for hydroxylation is 3. The molecule has 0 N–H and O–H groups in total. The molecule has 2 aromatic rings. The standard InChI is InChI=1S/C12H13NS/c1-8-4-5-11-10(6-8)9(2)7-12(14)13(11)3/h4-7H,1-3H3. The van der Waals surface area contributed by atoms with Crippen LogP contribution in [0.2, 0.25) is 0 Å². The number of rotatable bonds is 0. The largest absolute Gasteiger partial charge is 0.335 e. The summed E-state index contributed by atoms with van der Waals surface area (Å²) in [7, 11) is 2.01. The van der Waals surface area contributed by atoms with Crippen LogP contribution in [-0.2, 0) is 7.05 Å². The van der Waals surface area contributed by atoms with Gasteiger partial charge in [0.1, 0.15) is 4.64 Å². The van der Waals surface area contributed by atoms with Crippen LogP contribution in [0.15, 0.2) is 24.3 Å². The molecule has 0 fully saturated rings. The molecule has 0 bridgehead atoms. The Labute approximate surface area is 89.0 Å². The molecule has 2 rings (SSSR count). The summed E-state index contributed by atoms with van der Waals surface area (Å²) in [4.78, 5) is 0. The molecule has 72 valence electrons. The quantitative estimate of drug-likeness (QED) is 0.593.